The molecule has 0 aliphatic carbocycles. The summed E-state index contributed by atoms with van der Waals surface area (Å²) in [7, 11) is 0. The molecule has 1 fully saturated rings. The Kier molecular flexibility index (Phi) is 6.49. The summed E-state index contributed by atoms with van der Waals surface area (Å²) in [6.07, 6.45) is 2.69. The molecule has 4 rings (SSSR count). The van der Waals surface area contributed by atoms with Crippen molar-refractivity contribution in [1.82, 2.24) is 5.32 Å². The number of rotatable bonds is 5. The first-order chi connectivity index (χ1) is 16.2. The van der Waals surface area contributed by atoms with Crippen molar-refractivity contribution in [3.8, 4) is 5.75 Å². The minimum atomic E-state index is -0.487. The molecule has 1 N–H and O–H groups in total. The summed E-state index contributed by atoms with van der Waals surface area (Å²) in [6.45, 7) is 12.3. The molecule has 2 aromatic rings. The second-order valence-electron chi connectivity index (χ2n) is 9.36. The summed E-state index contributed by atoms with van der Waals surface area (Å²) in [5.74, 6) is 0.142. The summed E-state index contributed by atoms with van der Waals surface area (Å²) in [5, 5.41) is 2.72. The summed E-state index contributed by atoms with van der Waals surface area (Å²) < 4.78 is 5.48. The molecule has 2 heterocycles. The summed E-state index contributed by atoms with van der Waals surface area (Å²) in [4.78, 5) is 29.9. The van der Waals surface area contributed by atoms with Gasteiger partial charge in [-0.25, -0.2) is 0 Å². The van der Waals surface area contributed by atoms with Crippen molar-refractivity contribution < 1.29 is 14.3 Å². The van der Waals surface area contributed by atoms with E-state index < -0.39 is 11.8 Å². The molecule has 34 heavy (non-hydrogen) atoms. The lowest BCUT2D eigenvalue weighted by molar-refractivity contribution is -0.122. The Bertz CT molecular complexity index is 1170. The molecule has 1 atom stereocenters. The van der Waals surface area contributed by atoms with Crippen LogP contribution in [0.4, 0.5) is 11.4 Å². The Morgan fingerprint density at radius 1 is 1.15 bits per heavy atom. The Balaban J connectivity index is 1.68. The minimum absolute atomic E-state index is 0.0542. The van der Waals surface area contributed by atoms with Crippen LogP contribution in [-0.2, 0) is 9.59 Å². The monoisotopic (exact) mass is 477 g/mol. The van der Waals surface area contributed by atoms with Crippen molar-refractivity contribution in [2.75, 3.05) is 23.0 Å². The van der Waals surface area contributed by atoms with Crippen LogP contribution in [0.3, 0.4) is 0 Å². The van der Waals surface area contributed by atoms with Gasteiger partial charge in [0, 0.05) is 17.8 Å². The highest BCUT2D eigenvalue weighted by Crippen LogP contribution is 2.43. The molecule has 6 nitrogen and oxygen atoms in total. The molecule has 0 spiro atoms. The molecule has 0 bridgehead atoms. The maximum atomic E-state index is 13.4. The van der Waals surface area contributed by atoms with Gasteiger partial charge in [-0.15, -0.1) is 0 Å². The number of nitrogens with one attached hydrogen (secondary N) is 1. The Morgan fingerprint density at radius 2 is 1.85 bits per heavy atom. The largest absolute Gasteiger partial charge is 0.494 e. The van der Waals surface area contributed by atoms with E-state index in [9.17, 15) is 9.59 Å². The fourth-order valence-corrected chi connectivity index (χ4v) is 5.39. The Morgan fingerprint density at radius 3 is 2.50 bits per heavy atom. The van der Waals surface area contributed by atoms with E-state index in [1.54, 1.807) is 30.3 Å². The van der Waals surface area contributed by atoms with Crippen molar-refractivity contribution in [3.63, 3.8) is 0 Å². The molecule has 7 heteroatoms. The van der Waals surface area contributed by atoms with Crippen LogP contribution in [0.2, 0.25) is 0 Å². The third-order valence-corrected chi connectivity index (χ3v) is 6.83. The van der Waals surface area contributed by atoms with Gasteiger partial charge in [-0.2, -0.15) is 0 Å². The molecule has 178 valence electrons. The number of carbonyl (C=O) groups is 2. The predicted molar refractivity (Wildman–Crippen MR) is 140 cm³/mol. The third kappa shape index (κ3) is 4.32. The zero-order valence-electron chi connectivity index (χ0n) is 20.3. The number of ether oxygens (including phenoxy) is 1. The average molecular weight is 478 g/mol. The highest BCUT2D eigenvalue weighted by Gasteiger charge is 2.36. The standard InChI is InChI=1S/C27H31N3O3S/c1-6-29-23-13-8-18(14-21(23)17(3)16-27(29,4)5)15-22-24(31)28-26(34)30(25(22)32)19-9-11-20(12-10-19)33-7-2/h8-15,17H,6-7,16H2,1-5H3,(H,28,31,34)/b22-15+. The summed E-state index contributed by atoms with van der Waals surface area (Å²) >= 11 is 5.32. The van der Waals surface area contributed by atoms with Gasteiger partial charge in [0.1, 0.15) is 11.3 Å². The van der Waals surface area contributed by atoms with Gasteiger partial charge in [-0.1, -0.05) is 13.0 Å². The number of carbonyl (C=O) groups excluding carboxylic acids is 2. The van der Waals surface area contributed by atoms with Crippen LogP contribution < -0.4 is 19.9 Å². The number of hydrogen-bond donors (Lipinski definition) is 1. The Hall–Kier alpha value is -3.19. The lowest BCUT2D eigenvalue weighted by Gasteiger charge is -2.47. The summed E-state index contributed by atoms with van der Waals surface area (Å²) in [6, 6.07) is 13.2. The van der Waals surface area contributed by atoms with Crippen LogP contribution in [-0.4, -0.2) is 35.6 Å². The van der Waals surface area contributed by atoms with Gasteiger partial charge < -0.3 is 9.64 Å². The molecule has 2 aliphatic heterocycles. The molecule has 1 unspecified atom stereocenters. The highest BCUT2D eigenvalue weighted by atomic mass is 32.1. The van der Waals surface area contributed by atoms with E-state index in [0.717, 1.165) is 18.5 Å². The second kappa shape index (κ2) is 9.22. The first-order valence-corrected chi connectivity index (χ1v) is 12.1. The average Bonchev–Trinajstić information content (AvgIpc) is 2.78. The number of benzene rings is 2. The molecular formula is C27H31N3O3S. The van der Waals surface area contributed by atoms with E-state index >= 15 is 0 Å². The minimum Gasteiger partial charge on any atom is -0.494 e. The van der Waals surface area contributed by atoms with E-state index in [2.05, 4.69) is 50.0 Å². The van der Waals surface area contributed by atoms with E-state index in [1.165, 1.54) is 16.2 Å². The maximum Gasteiger partial charge on any atom is 0.270 e. The van der Waals surface area contributed by atoms with Gasteiger partial charge in [-0.3, -0.25) is 19.8 Å². The molecule has 2 aromatic carbocycles. The number of anilines is 2. The van der Waals surface area contributed by atoms with Crippen LogP contribution in [0, 0.1) is 0 Å². The first kappa shape index (κ1) is 24.0. The quantitative estimate of drug-likeness (QED) is 0.372. The van der Waals surface area contributed by atoms with Crippen LogP contribution >= 0.6 is 12.2 Å². The van der Waals surface area contributed by atoms with E-state index in [-0.39, 0.29) is 16.2 Å². The molecular weight excluding hydrogens is 446 g/mol. The zero-order chi connectivity index (χ0) is 24.6. The van der Waals surface area contributed by atoms with Crippen molar-refractivity contribution in [3.05, 3.63) is 59.2 Å². The first-order valence-electron chi connectivity index (χ1n) is 11.7. The number of amides is 2. The van der Waals surface area contributed by atoms with Gasteiger partial charge in [0.05, 0.1) is 12.3 Å². The lowest BCUT2D eigenvalue weighted by Crippen LogP contribution is -2.54. The Labute approximate surface area is 206 Å². The smallest absolute Gasteiger partial charge is 0.270 e. The summed E-state index contributed by atoms with van der Waals surface area (Å²) in [5.41, 5.74) is 3.97. The van der Waals surface area contributed by atoms with Crippen molar-refractivity contribution in [2.45, 2.75) is 52.5 Å². The molecule has 0 aromatic heterocycles. The fraction of sp³-hybridized carbons (Fsp3) is 0.370. The van der Waals surface area contributed by atoms with E-state index in [0.29, 0.717) is 24.0 Å². The van der Waals surface area contributed by atoms with Gasteiger partial charge in [0.25, 0.3) is 11.8 Å². The van der Waals surface area contributed by atoms with E-state index in [1.807, 2.05) is 13.0 Å². The molecule has 0 saturated carbocycles. The zero-order valence-corrected chi connectivity index (χ0v) is 21.2. The van der Waals surface area contributed by atoms with Gasteiger partial charge in [-0.05, 0) is 106 Å². The topological polar surface area (TPSA) is 61.9 Å². The van der Waals surface area contributed by atoms with Crippen molar-refractivity contribution in [1.29, 1.82) is 0 Å². The molecule has 2 aliphatic rings. The van der Waals surface area contributed by atoms with Crippen LogP contribution in [0.25, 0.3) is 6.08 Å². The predicted octanol–water partition coefficient (Wildman–Crippen LogP) is 5.03. The highest BCUT2D eigenvalue weighted by molar-refractivity contribution is 7.80. The number of nitrogens with zero attached hydrogens (tertiary/aromatic N) is 2. The molecule has 1 saturated heterocycles. The third-order valence-electron chi connectivity index (χ3n) is 6.54. The van der Waals surface area contributed by atoms with Crippen LogP contribution in [0.1, 0.15) is 58.1 Å². The van der Waals surface area contributed by atoms with Gasteiger partial charge in [0.15, 0.2) is 5.11 Å². The van der Waals surface area contributed by atoms with E-state index in [4.69, 9.17) is 17.0 Å². The number of hydrogen-bond acceptors (Lipinski definition) is 5. The van der Waals surface area contributed by atoms with Crippen LogP contribution in [0.15, 0.2) is 48.0 Å². The van der Waals surface area contributed by atoms with Crippen LogP contribution in [0.5, 0.6) is 5.75 Å². The van der Waals surface area contributed by atoms with Gasteiger partial charge >= 0.3 is 0 Å². The maximum absolute atomic E-state index is 13.4. The van der Waals surface area contributed by atoms with Crippen molar-refractivity contribution in [2.24, 2.45) is 0 Å². The van der Waals surface area contributed by atoms with Gasteiger partial charge in [0.2, 0.25) is 0 Å². The van der Waals surface area contributed by atoms with Crippen molar-refractivity contribution >= 4 is 46.6 Å². The molecule has 0 radical (unpaired) electrons. The fourth-order valence-electron chi connectivity index (χ4n) is 5.11. The number of fused-ring (bicyclic) bond motifs is 1. The second-order valence-corrected chi connectivity index (χ2v) is 9.75. The normalized spacial score (nSPS) is 20.9. The molecule has 2 amide bonds. The number of thiocarbonyl (C=S) groups is 1. The lowest BCUT2D eigenvalue weighted by atomic mass is 9.79. The SMILES string of the molecule is CCOc1ccc(N2C(=O)/C(=C/c3ccc4c(c3)C(C)CC(C)(C)N4CC)C(=O)NC2=S)cc1.